The van der Waals surface area contributed by atoms with E-state index in [9.17, 15) is 9.90 Å². The number of hydrazine groups is 1. The highest BCUT2D eigenvalue weighted by atomic mass is 16.5. The van der Waals surface area contributed by atoms with E-state index in [0.717, 1.165) is 30.8 Å². The Kier molecular flexibility index (Phi) is 3.16. The lowest BCUT2D eigenvalue weighted by Gasteiger charge is -2.22. The SMILES string of the molecule is CC1NNC(C(=O)O)C1c1ccc2c(c1)CCCO2. The van der Waals surface area contributed by atoms with Crippen LogP contribution in [0.1, 0.15) is 30.4 Å². The molecular formula is C14H18N2O3. The minimum absolute atomic E-state index is 0.0651. The van der Waals surface area contributed by atoms with Gasteiger partial charge in [0.2, 0.25) is 0 Å². The first-order valence-electron chi connectivity index (χ1n) is 6.66. The molecule has 2 aliphatic rings. The lowest BCUT2D eigenvalue weighted by atomic mass is 9.86. The molecule has 102 valence electrons. The van der Waals surface area contributed by atoms with Crippen molar-refractivity contribution in [1.29, 1.82) is 0 Å². The quantitative estimate of drug-likeness (QED) is 0.743. The van der Waals surface area contributed by atoms with Crippen molar-refractivity contribution in [1.82, 2.24) is 10.9 Å². The molecular weight excluding hydrogens is 244 g/mol. The molecule has 3 atom stereocenters. The maximum absolute atomic E-state index is 11.3. The monoisotopic (exact) mass is 262 g/mol. The van der Waals surface area contributed by atoms with Gasteiger partial charge in [-0.3, -0.25) is 10.2 Å². The molecule has 1 aromatic carbocycles. The molecule has 0 aliphatic carbocycles. The number of carbonyl (C=O) groups is 1. The molecule has 0 spiro atoms. The van der Waals surface area contributed by atoms with E-state index in [0.29, 0.717) is 0 Å². The van der Waals surface area contributed by atoms with E-state index < -0.39 is 12.0 Å². The van der Waals surface area contributed by atoms with Gasteiger partial charge in [-0.05, 0) is 37.0 Å². The molecule has 2 aliphatic heterocycles. The third-order valence-electron chi connectivity index (χ3n) is 3.95. The van der Waals surface area contributed by atoms with Gasteiger partial charge in [0.05, 0.1) is 6.61 Å². The molecule has 1 saturated heterocycles. The molecule has 2 heterocycles. The fourth-order valence-electron chi connectivity index (χ4n) is 2.97. The second-order valence-electron chi connectivity index (χ2n) is 5.24. The first-order valence-corrected chi connectivity index (χ1v) is 6.66. The van der Waals surface area contributed by atoms with Gasteiger partial charge < -0.3 is 9.84 Å². The third kappa shape index (κ3) is 2.19. The van der Waals surface area contributed by atoms with Crippen LogP contribution in [0.25, 0.3) is 0 Å². The average Bonchev–Trinajstić information content (AvgIpc) is 2.80. The lowest BCUT2D eigenvalue weighted by Crippen LogP contribution is -2.38. The van der Waals surface area contributed by atoms with Gasteiger partial charge in [-0.2, -0.15) is 0 Å². The van der Waals surface area contributed by atoms with Crippen molar-refractivity contribution >= 4 is 5.97 Å². The van der Waals surface area contributed by atoms with Crippen molar-refractivity contribution in [3.63, 3.8) is 0 Å². The Bertz CT molecular complexity index is 503. The fourth-order valence-corrected chi connectivity index (χ4v) is 2.97. The number of rotatable bonds is 2. The van der Waals surface area contributed by atoms with Crippen molar-refractivity contribution in [3.05, 3.63) is 29.3 Å². The largest absolute Gasteiger partial charge is 0.493 e. The predicted molar refractivity (Wildman–Crippen MR) is 70.2 cm³/mol. The number of fused-ring (bicyclic) bond motifs is 1. The van der Waals surface area contributed by atoms with Gasteiger partial charge in [0.15, 0.2) is 0 Å². The van der Waals surface area contributed by atoms with Gasteiger partial charge in [0, 0.05) is 12.0 Å². The molecule has 0 amide bonds. The van der Waals surface area contributed by atoms with E-state index >= 15 is 0 Å². The van der Waals surface area contributed by atoms with Gasteiger partial charge in [0.25, 0.3) is 0 Å². The number of aryl methyl sites for hydroxylation is 1. The number of ether oxygens (including phenoxy) is 1. The van der Waals surface area contributed by atoms with Crippen LogP contribution in [0, 0.1) is 0 Å². The lowest BCUT2D eigenvalue weighted by molar-refractivity contribution is -0.139. The highest BCUT2D eigenvalue weighted by Crippen LogP contribution is 2.32. The third-order valence-corrected chi connectivity index (χ3v) is 3.95. The summed E-state index contributed by atoms with van der Waals surface area (Å²) >= 11 is 0. The molecule has 0 bridgehead atoms. The Hall–Kier alpha value is -1.59. The number of benzene rings is 1. The van der Waals surface area contributed by atoms with Crippen molar-refractivity contribution in [3.8, 4) is 5.75 Å². The van der Waals surface area contributed by atoms with Gasteiger partial charge in [-0.1, -0.05) is 12.1 Å². The van der Waals surface area contributed by atoms with E-state index in [-0.39, 0.29) is 12.0 Å². The average molecular weight is 262 g/mol. The van der Waals surface area contributed by atoms with E-state index in [1.807, 2.05) is 19.1 Å². The van der Waals surface area contributed by atoms with E-state index in [2.05, 4.69) is 16.9 Å². The zero-order valence-corrected chi connectivity index (χ0v) is 10.8. The van der Waals surface area contributed by atoms with Crippen LogP contribution in [0.15, 0.2) is 18.2 Å². The van der Waals surface area contributed by atoms with Crippen molar-refractivity contribution < 1.29 is 14.6 Å². The second kappa shape index (κ2) is 4.83. The summed E-state index contributed by atoms with van der Waals surface area (Å²) in [4.78, 5) is 11.3. The molecule has 5 heteroatoms. The Balaban J connectivity index is 1.94. The van der Waals surface area contributed by atoms with Crippen LogP contribution in [-0.2, 0) is 11.2 Å². The Morgan fingerprint density at radius 3 is 3.05 bits per heavy atom. The molecule has 3 unspecified atom stereocenters. The highest BCUT2D eigenvalue weighted by Gasteiger charge is 2.39. The van der Waals surface area contributed by atoms with Crippen LogP contribution < -0.4 is 15.6 Å². The molecule has 5 nitrogen and oxygen atoms in total. The Morgan fingerprint density at radius 2 is 2.26 bits per heavy atom. The van der Waals surface area contributed by atoms with Gasteiger partial charge in [-0.15, -0.1) is 0 Å². The second-order valence-corrected chi connectivity index (χ2v) is 5.24. The summed E-state index contributed by atoms with van der Waals surface area (Å²) in [6.45, 7) is 2.77. The van der Waals surface area contributed by atoms with Crippen LogP contribution in [0.3, 0.4) is 0 Å². The highest BCUT2D eigenvalue weighted by molar-refractivity contribution is 5.75. The summed E-state index contributed by atoms with van der Waals surface area (Å²) < 4.78 is 5.59. The van der Waals surface area contributed by atoms with Crippen LogP contribution >= 0.6 is 0 Å². The number of hydrogen-bond donors (Lipinski definition) is 3. The molecule has 3 rings (SSSR count). The number of aliphatic carboxylic acids is 1. The summed E-state index contributed by atoms with van der Waals surface area (Å²) in [7, 11) is 0. The molecule has 0 radical (unpaired) electrons. The standard InChI is InChI=1S/C14H18N2O3/c1-8-12(13(14(17)18)16-15-8)10-4-5-11-9(7-10)3-2-6-19-11/h4-5,7-8,12-13,15-16H,2-3,6H2,1H3,(H,17,18). The number of nitrogens with one attached hydrogen (secondary N) is 2. The molecule has 0 saturated carbocycles. The maximum atomic E-state index is 11.3. The predicted octanol–water partition coefficient (Wildman–Crippen LogP) is 1.04. The summed E-state index contributed by atoms with van der Waals surface area (Å²) in [6.07, 6.45) is 2.03. The molecule has 19 heavy (non-hydrogen) atoms. The van der Waals surface area contributed by atoms with E-state index in [1.54, 1.807) is 0 Å². The zero-order valence-electron chi connectivity index (χ0n) is 10.8. The van der Waals surface area contributed by atoms with Crippen molar-refractivity contribution in [2.45, 2.75) is 37.8 Å². The smallest absolute Gasteiger partial charge is 0.322 e. The summed E-state index contributed by atoms with van der Waals surface area (Å²) in [5, 5.41) is 9.27. The maximum Gasteiger partial charge on any atom is 0.322 e. The van der Waals surface area contributed by atoms with Crippen molar-refractivity contribution in [2.24, 2.45) is 0 Å². The van der Waals surface area contributed by atoms with Crippen LogP contribution in [-0.4, -0.2) is 29.8 Å². The molecule has 0 aromatic heterocycles. The molecule has 3 N–H and O–H groups in total. The molecule has 1 aromatic rings. The number of carboxylic acids is 1. The van der Waals surface area contributed by atoms with Gasteiger partial charge in [0.1, 0.15) is 11.8 Å². The van der Waals surface area contributed by atoms with Crippen molar-refractivity contribution in [2.75, 3.05) is 6.61 Å². The fraction of sp³-hybridized carbons (Fsp3) is 0.500. The zero-order chi connectivity index (χ0) is 13.4. The minimum atomic E-state index is -0.823. The minimum Gasteiger partial charge on any atom is -0.493 e. The summed E-state index contributed by atoms with van der Waals surface area (Å²) in [5.41, 5.74) is 8.12. The van der Waals surface area contributed by atoms with Crippen LogP contribution in [0.2, 0.25) is 0 Å². The van der Waals surface area contributed by atoms with Crippen LogP contribution in [0.5, 0.6) is 5.75 Å². The van der Waals surface area contributed by atoms with Crippen LogP contribution in [0.4, 0.5) is 0 Å². The van der Waals surface area contributed by atoms with E-state index in [4.69, 9.17) is 4.74 Å². The van der Waals surface area contributed by atoms with Gasteiger partial charge >= 0.3 is 5.97 Å². The Labute approximate surface area is 111 Å². The number of carboxylic acid groups (broad SMARTS) is 1. The Morgan fingerprint density at radius 1 is 1.42 bits per heavy atom. The molecule has 1 fully saturated rings. The number of hydrogen-bond acceptors (Lipinski definition) is 4. The summed E-state index contributed by atoms with van der Waals surface area (Å²) in [5.74, 6) is 0.0500. The normalized spacial score (nSPS) is 29.6. The van der Waals surface area contributed by atoms with Gasteiger partial charge in [-0.25, -0.2) is 5.43 Å². The topological polar surface area (TPSA) is 70.6 Å². The first kappa shape index (κ1) is 12.4. The summed E-state index contributed by atoms with van der Waals surface area (Å²) in [6, 6.07) is 5.55. The first-order chi connectivity index (χ1) is 9.16. The van der Waals surface area contributed by atoms with E-state index in [1.165, 1.54) is 5.56 Å².